The average molecular weight is 594 g/mol. The first-order valence-electron chi connectivity index (χ1n) is 14.8. The lowest BCUT2D eigenvalue weighted by atomic mass is 9.92. The Morgan fingerprint density at radius 1 is 1.09 bits per heavy atom. The van der Waals surface area contributed by atoms with E-state index in [1.807, 2.05) is 36.4 Å². The van der Waals surface area contributed by atoms with Gasteiger partial charge in [0.1, 0.15) is 17.8 Å². The first-order chi connectivity index (χ1) is 20.9. The van der Waals surface area contributed by atoms with E-state index in [4.69, 9.17) is 11.6 Å². The molecule has 0 bridgehead atoms. The highest BCUT2D eigenvalue weighted by molar-refractivity contribution is 6.30. The third-order valence-corrected chi connectivity index (χ3v) is 8.46. The van der Waals surface area contributed by atoms with Crippen LogP contribution in [0.1, 0.15) is 49.1 Å². The molecule has 0 saturated heterocycles. The molecule has 0 aliphatic carbocycles. The molecule has 0 saturated carbocycles. The number of hydrogen-bond donors (Lipinski definition) is 3. The lowest BCUT2D eigenvalue weighted by molar-refractivity contribution is -0.323. The molecule has 2 aromatic carbocycles. The lowest BCUT2D eigenvalue weighted by Crippen LogP contribution is -2.46. The normalized spacial score (nSPS) is 16.5. The third-order valence-electron chi connectivity index (χ3n) is 8.22. The largest absolute Gasteiger partial charge is 0.553 e. The zero-order valence-corrected chi connectivity index (χ0v) is 25.8. The number of rotatable bonds is 9. The molecule has 3 aromatic rings. The van der Waals surface area contributed by atoms with Gasteiger partial charge in [-0.15, -0.1) is 16.6 Å². The molecule has 10 heteroatoms. The molecule has 1 aromatic heterocycles. The average Bonchev–Trinajstić information content (AvgIpc) is 3.72. The predicted molar refractivity (Wildman–Crippen MR) is 175 cm³/mol. The van der Waals surface area contributed by atoms with Crippen molar-refractivity contribution in [2.75, 3.05) is 23.6 Å². The van der Waals surface area contributed by atoms with Crippen molar-refractivity contribution >= 4 is 48.0 Å². The molecule has 1 amide bonds. The van der Waals surface area contributed by atoms with E-state index in [9.17, 15) is 4.79 Å². The Bertz CT molecular complexity index is 1670. The fraction of sp³-hybridized carbons (Fsp3) is 0.273. The summed E-state index contributed by atoms with van der Waals surface area (Å²) in [7, 11) is 4.20. The summed E-state index contributed by atoms with van der Waals surface area (Å²) < 4.78 is 4.47. The van der Waals surface area contributed by atoms with Gasteiger partial charge >= 0.3 is 7.55 Å². The second-order valence-electron chi connectivity index (χ2n) is 11.2. The van der Waals surface area contributed by atoms with Crippen LogP contribution in [0.15, 0.2) is 90.4 Å². The Morgan fingerprint density at radius 2 is 1.88 bits per heavy atom. The molecule has 3 aliphatic rings. The van der Waals surface area contributed by atoms with Crippen LogP contribution < -0.4 is 16.1 Å². The van der Waals surface area contributed by atoms with Gasteiger partial charge in [0.2, 0.25) is 5.91 Å². The fourth-order valence-corrected chi connectivity index (χ4v) is 5.92. The second kappa shape index (κ2) is 12.2. The van der Waals surface area contributed by atoms with Crippen LogP contribution in [0.2, 0.25) is 0 Å². The molecular weight excluding hydrogens is 557 g/mol. The minimum Gasteiger partial charge on any atom is -0.368 e. The molecular formula is C33H37BClN7O+. The Morgan fingerprint density at radius 3 is 2.63 bits per heavy atom. The number of anilines is 2. The summed E-state index contributed by atoms with van der Waals surface area (Å²) in [5, 5.41) is 10.7. The van der Waals surface area contributed by atoms with Crippen LogP contribution in [0.3, 0.4) is 0 Å². The first kappa shape index (κ1) is 28.9. The number of benzene rings is 2. The summed E-state index contributed by atoms with van der Waals surface area (Å²) in [5.41, 5.74) is 12.3. The minimum absolute atomic E-state index is 0.0791. The Labute approximate surface area is 259 Å². The highest BCUT2D eigenvalue weighted by Gasteiger charge is 2.40. The molecule has 219 valence electrons. The lowest BCUT2D eigenvalue weighted by Gasteiger charge is -2.24. The van der Waals surface area contributed by atoms with Gasteiger partial charge in [0.05, 0.1) is 11.5 Å². The summed E-state index contributed by atoms with van der Waals surface area (Å²) in [5.74, 6) is 2.16. The number of alkyl halides is 1. The number of amides is 1. The number of nitrogens with zero attached hydrogens (tertiary/aromatic N) is 4. The van der Waals surface area contributed by atoms with Gasteiger partial charge in [0, 0.05) is 42.5 Å². The van der Waals surface area contributed by atoms with Crippen LogP contribution in [-0.4, -0.2) is 51.3 Å². The van der Waals surface area contributed by atoms with Crippen LogP contribution in [0.4, 0.5) is 11.5 Å². The monoisotopic (exact) mass is 593 g/mol. The minimum atomic E-state index is -0.227. The van der Waals surface area contributed by atoms with Gasteiger partial charge in [-0.05, 0) is 60.4 Å². The van der Waals surface area contributed by atoms with Gasteiger partial charge in [-0.1, -0.05) is 61.8 Å². The standard InChI is InChI=1S/C33H37BClN7O/c1-5-8-23(3)27-21-40(39(4)38-27)32-18-16-29-33(24-11-13-26(14-12-24)37-31(43)19-35)28-15-17-30(41(28)34-42(29)32)36-20-25-10-7-6-9-22(25)2/h6-7,9-18,21,23,36,38H,5,8,19-20H2,1-4H3,(H,37,43)/q+1. The maximum Gasteiger partial charge on any atom is 0.553 e. The van der Waals surface area contributed by atoms with Crippen LogP contribution in [0.25, 0.3) is 5.57 Å². The molecule has 0 fully saturated rings. The van der Waals surface area contributed by atoms with E-state index in [0.717, 1.165) is 53.6 Å². The maximum absolute atomic E-state index is 11.9. The fourth-order valence-electron chi connectivity index (χ4n) is 5.85. The molecule has 43 heavy (non-hydrogen) atoms. The van der Waals surface area contributed by atoms with Crippen LogP contribution >= 0.6 is 11.6 Å². The maximum atomic E-state index is 11.9. The van der Waals surface area contributed by atoms with Crippen molar-refractivity contribution in [3.05, 3.63) is 113 Å². The van der Waals surface area contributed by atoms with Crippen LogP contribution in [-0.2, 0) is 11.3 Å². The Kier molecular flexibility index (Phi) is 8.19. The number of allylic oxidation sites excluding steroid dienone is 2. The molecule has 8 nitrogen and oxygen atoms in total. The molecule has 1 atom stereocenters. The molecule has 6 rings (SSSR count). The summed E-state index contributed by atoms with van der Waals surface area (Å²) in [4.78, 5) is 11.9. The molecule has 1 radical (unpaired) electrons. The number of halogens is 1. The van der Waals surface area contributed by atoms with Crippen molar-refractivity contribution in [1.82, 2.24) is 20.0 Å². The molecule has 4 heterocycles. The number of aromatic nitrogens is 1. The van der Waals surface area contributed by atoms with Crippen molar-refractivity contribution in [2.24, 2.45) is 5.92 Å². The first-order valence-corrected chi connectivity index (χ1v) is 15.3. The number of fused-ring (bicyclic) bond motifs is 2. The molecule has 3 N–H and O–H groups in total. The number of aryl methyl sites for hydroxylation is 1. The van der Waals surface area contributed by atoms with Gasteiger partial charge in [-0.25, -0.2) is 0 Å². The van der Waals surface area contributed by atoms with E-state index in [1.165, 1.54) is 16.8 Å². The number of amidine groups is 1. The van der Waals surface area contributed by atoms with E-state index < -0.39 is 0 Å². The number of carbonyl (C=O) groups is 1. The highest BCUT2D eigenvalue weighted by atomic mass is 35.5. The summed E-state index contributed by atoms with van der Waals surface area (Å²) in [6.45, 7) is 7.35. The summed E-state index contributed by atoms with van der Waals surface area (Å²) in [6.07, 6.45) is 8.81. The SMILES string of the molecule is CCCC(C)C1=CN(C2=[N+]3[B]n4c(NCc5ccccc5C)ccc4C(c4ccc(NC(=O)CCl)cc4)=C3C=C2)N(C)N1. The van der Waals surface area contributed by atoms with Crippen molar-refractivity contribution in [3.8, 4) is 0 Å². The van der Waals surface area contributed by atoms with Gasteiger partial charge in [0.25, 0.3) is 5.84 Å². The number of carbonyl (C=O) groups excluding carboxylic acids is 1. The van der Waals surface area contributed by atoms with E-state index in [1.54, 1.807) is 0 Å². The Balaban J connectivity index is 1.41. The molecule has 3 aliphatic heterocycles. The van der Waals surface area contributed by atoms with E-state index in [-0.39, 0.29) is 11.8 Å². The topological polar surface area (TPSA) is 67.6 Å². The van der Waals surface area contributed by atoms with Gasteiger partial charge in [-0.2, -0.15) is 0 Å². The van der Waals surface area contributed by atoms with Crippen molar-refractivity contribution in [3.63, 3.8) is 0 Å². The second-order valence-corrected chi connectivity index (χ2v) is 11.5. The number of nitrogens with one attached hydrogen (secondary N) is 3. The van der Waals surface area contributed by atoms with Crippen molar-refractivity contribution < 1.29 is 9.28 Å². The van der Waals surface area contributed by atoms with Crippen LogP contribution in [0.5, 0.6) is 0 Å². The summed E-state index contributed by atoms with van der Waals surface area (Å²) in [6, 6.07) is 20.7. The van der Waals surface area contributed by atoms with Gasteiger partial charge in [0.15, 0.2) is 0 Å². The quantitative estimate of drug-likeness (QED) is 0.221. The zero-order chi connectivity index (χ0) is 30.1. The number of hydrazine groups is 2. The van der Waals surface area contributed by atoms with Crippen LogP contribution in [0, 0.1) is 12.8 Å². The Hall–Kier alpha value is -4.21. The zero-order valence-electron chi connectivity index (χ0n) is 25.1. The van der Waals surface area contributed by atoms with E-state index in [2.05, 4.69) is 113 Å². The van der Waals surface area contributed by atoms with Gasteiger partial charge in [-0.3, -0.25) is 14.7 Å². The number of hydrogen-bond acceptors (Lipinski definition) is 5. The van der Waals surface area contributed by atoms with E-state index in [0.29, 0.717) is 11.6 Å². The molecule has 1 unspecified atom stereocenters. The van der Waals surface area contributed by atoms with E-state index >= 15 is 0 Å². The van der Waals surface area contributed by atoms with Crippen molar-refractivity contribution in [2.45, 2.75) is 40.2 Å². The summed E-state index contributed by atoms with van der Waals surface area (Å²) >= 11 is 5.70. The smallest absolute Gasteiger partial charge is 0.368 e. The highest BCUT2D eigenvalue weighted by Crippen LogP contribution is 2.37. The van der Waals surface area contributed by atoms with Crippen molar-refractivity contribution in [1.29, 1.82) is 0 Å². The predicted octanol–water partition coefficient (Wildman–Crippen LogP) is 5.67. The van der Waals surface area contributed by atoms with Gasteiger partial charge < -0.3 is 15.1 Å². The molecule has 0 spiro atoms. The third kappa shape index (κ3) is 5.62.